The second-order valence-electron chi connectivity index (χ2n) is 21.0. The van der Waals surface area contributed by atoms with Gasteiger partial charge in [0.1, 0.15) is 24.4 Å². The Morgan fingerprint density at radius 1 is 0.500 bits per heavy atom. The van der Waals surface area contributed by atoms with Gasteiger partial charge in [0, 0.05) is 12.8 Å². The number of unbranched alkanes of at least 4 members (excludes halogenated alkanes) is 30. The quantitative estimate of drug-likeness (QED) is 0.0195. The molecular formula is C63H113NO10. The molecule has 6 N–H and O–H groups in total. The summed E-state index contributed by atoms with van der Waals surface area (Å²) in [6.45, 7) is 4.15. The second kappa shape index (κ2) is 52.4. The number of nitrogens with one attached hydrogen (secondary N) is 1. The fourth-order valence-corrected chi connectivity index (χ4v) is 9.22. The first-order valence-electron chi connectivity index (χ1n) is 30.6. The van der Waals surface area contributed by atoms with Crippen LogP contribution in [-0.2, 0) is 23.8 Å². The Morgan fingerprint density at radius 3 is 1.45 bits per heavy atom. The number of hydrogen-bond donors (Lipinski definition) is 6. The highest BCUT2D eigenvalue weighted by Crippen LogP contribution is 2.23. The molecule has 7 atom stereocenters. The van der Waals surface area contributed by atoms with Gasteiger partial charge in [-0.25, -0.2) is 0 Å². The SMILES string of the molecule is CCCCC/C=C/CC/C=C/C(O)C(COC1OC(CO)C(O)C(O)C1O)NC(=O)CCCCCCCCCCCCCCCC/C=C\C/C=C\CCOC(=O)CCCCCCC/C=C\CCCCCCCCC. The van der Waals surface area contributed by atoms with E-state index in [9.17, 15) is 35.1 Å². The molecule has 0 radical (unpaired) electrons. The molecule has 11 nitrogen and oxygen atoms in total. The van der Waals surface area contributed by atoms with Crippen LogP contribution in [0.4, 0.5) is 0 Å². The highest BCUT2D eigenvalue weighted by Gasteiger charge is 2.44. The molecule has 1 rings (SSSR count). The molecule has 1 heterocycles. The number of carbonyl (C=O) groups is 2. The lowest BCUT2D eigenvalue weighted by atomic mass is 9.99. The first-order chi connectivity index (χ1) is 36.2. The van der Waals surface area contributed by atoms with Crippen LogP contribution in [0.25, 0.3) is 0 Å². The molecule has 0 saturated carbocycles. The lowest BCUT2D eigenvalue weighted by Crippen LogP contribution is -2.60. The van der Waals surface area contributed by atoms with Gasteiger partial charge >= 0.3 is 5.97 Å². The van der Waals surface area contributed by atoms with Crippen LogP contribution in [0.5, 0.6) is 0 Å². The first kappa shape index (κ1) is 69.4. The van der Waals surface area contributed by atoms with Crippen LogP contribution in [0, 0.1) is 0 Å². The number of carbonyl (C=O) groups excluding carboxylic acids is 2. The molecule has 1 aliphatic heterocycles. The third kappa shape index (κ3) is 41.5. The summed E-state index contributed by atoms with van der Waals surface area (Å²) in [5.41, 5.74) is 0. The van der Waals surface area contributed by atoms with E-state index in [1.807, 2.05) is 6.08 Å². The molecule has 1 amide bonds. The number of rotatable bonds is 52. The van der Waals surface area contributed by atoms with Crippen molar-refractivity contribution in [1.29, 1.82) is 0 Å². The lowest BCUT2D eigenvalue weighted by molar-refractivity contribution is -0.302. The average molecular weight is 1040 g/mol. The van der Waals surface area contributed by atoms with E-state index in [2.05, 4.69) is 67.8 Å². The average Bonchev–Trinajstić information content (AvgIpc) is 3.40. The summed E-state index contributed by atoms with van der Waals surface area (Å²) in [6, 6.07) is -0.831. The fourth-order valence-electron chi connectivity index (χ4n) is 9.22. The molecule has 0 aliphatic carbocycles. The Morgan fingerprint density at radius 2 is 0.919 bits per heavy atom. The van der Waals surface area contributed by atoms with E-state index in [4.69, 9.17) is 14.2 Å². The molecule has 0 spiro atoms. The maximum atomic E-state index is 13.0. The number of hydrogen-bond acceptors (Lipinski definition) is 10. The Hall–Kier alpha value is -2.64. The van der Waals surface area contributed by atoms with Crippen molar-refractivity contribution in [2.75, 3.05) is 19.8 Å². The monoisotopic (exact) mass is 1040 g/mol. The van der Waals surface area contributed by atoms with Gasteiger partial charge in [0.25, 0.3) is 0 Å². The topological polar surface area (TPSA) is 175 Å². The highest BCUT2D eigenvalue weighted by atomic mass is 16.7. The van der Waals surface area contributed by atoms with E-state index in [0.29, 0.717) is 19.4 Å². The van der Waals surface area contributed by atoms with Crippen molar-refractivity contribution >= 4 is 11.9 Å². The van der Waals surface area contributed by atoms with Crippen molar-refractivity contribution in [3.63, 3.8) is 0 Å². The van der Waals surface area contributed by atoms with Crippen LogP contribution in [0.15, 0.2) is 60.8 Å². The highest BCUT2D eigenvalue weighted by molar-refractivity contribution is 5.76. The third-order valence-electron chi connectivity index (χ3n) is 14.1. The van der Waals surface area contributed by atoms with Crippen molar-refractivity contribution in [1.82, 2.24) is 5.32 Å². The molecule has 1 saturated heterocycles. The summed E-state index contributed by atoms with van der Waals surface area (Å²) in [4.78, 5) is 25.0. The van der Waals surface area contributed by atoms with E-state index in [0.717, 1.165) is 77.0 Å². The van der Waals surface area contributed by atoms with Crippen molar-refractivity contribution in [2.24, 2.45) is 0 Å². The maximum absolute atomic E-state index is 13.0. The summed E-state index contributed by atoms with van der Waals surface area (Å²) in [6.07, 6.45) is 57.8. The van der Waals surface area contributed by atoms with Gasteiger partial charge in [0.05, 0.1) is 32.0 Å². The van der Waals surface area contributed by atoms with Crippen LogP contribution in [0.1, 0.15) is 264 Å². The number of aliphatic hydroxyl groups is 5. The molecule has 74 heavy (non-hydrogen) atoms. The molecule has 1 aliphatic rings. The molecule has 1 fully saturated rings. The summed E-state index contributed by atoms with van der Waals surface area (Å²) < 4.78 is 16.6. The summed E-state index contributed by atoms with van der Waals surface area (Å²) in [7, 11) is 0. The third-order valence-corrected chi connectivity index (χ3v) is 14.1. The lowest BCUT2D eigenvalue weighted by Gasteiger charge is -2.40. The largest absolute Gasteiger partial charge is 0.465 e. The Balaban J connectivity index is 2.03. The van der Waals surface area contributed by atoms with Gasteiger partial charge in [-0.05, 0) is 89.9 Å². The second-order valence-corrected chi connectivity index (χ2v) is 21.0. The molecule has 0 aromatic carbocycles. The number of aliphatic hydroxyl groups excluding tert-OH is 5. The van der Waals surface area contributed by atoms with Gasteiger partial charge < -0.3 is 45.1 Å². The Bertz CT molecular complexity index is 1410. The van der Waals surface area contributed by atoms with Crippen molar-refractivity contribution in [3.05, 3.63) is 60.8 Å². The van der Waals surface area contributed by atoms with E-state index < -0.39 is 49.5 Å². The van der Waals surface area contributed by atoms with Crippen LogP contribution < -0.4 is 5.32 Å². The van der Waals surface area contributed by atoms with Gasteiger partial charge in [-0.15, -0.1) is 0 Å². The van der Waals surface area contributed by atoms with E-state index >= 15 is 0 Å². The van der Waals surface area contributed by atoms with Gasteiger partial charge in [0.15, 0.2) is 6.29 Å². The van der Waals surface area contributed by atoms with Gasteiger partial charge in [-0.1, -0.05) is 222 Å². The molecule has 430 valence electrons. The minimum atomic E-state index is -1.58. The zero-order valence-corrected chi connectivity index (χ0v) is 47.3. The minimum Gasteiger partial charge on any atom is -0.465 e. The molecule has 7 unspecified atom stereocenters. The summed E-state index contributed by atoms with van der Waals surface area (Å²) >= 11 is 0. The fraction of sp³-hybridized carbons (Fsp3) is 0.810. The predicted octanol–water partition coefficient (Wildman–Crippen LogP) is 14.2. The maximum Gasteiger partial charge on any atom is 0.305 e. The number of esters is 1. The molecule has 0 aromatic heterocycles. The zero-order chi connectivity index (χ0) is 53.8. The zero-order valence-electron chi connectivity index (χ0n) is 47.3. The van der Waals surface area contributed by atoms with Crippen molar-refractivity contribution in [2.45, 2.75) is 307 Å². The van der Waals surface area contributed by atoms with Crippen molar-refractivity contribution < 1.29 is 49.3 Å². The predicted molar refractivity (Wildman–Crippen MR) is 306 cm³/mol. The van der Waals surface area contributed by atoms with Crippen LogP contribution in [0.3, 0.4) is 0 Å². The van der Waals surface area contributed by atoms with Gasteiger partial charge in [-0.2, -0.15) is 0 Å². The van der Waals surface area contributed by atoms with E-state index in [-0.39, 0.29) is 18.5 Å². The van der Waals surface area contributed by atoms with Gasteiger partial charge in [-0.3, -0.25) is 9.59 Å². The molecular weight excluding hydrogens is 931 g/mol. The van der Waals surface area contributed by atoms with Crippen LogP contribution in [0.2, 0.25) is 0 Å². The number of amides is 1. The molecule has 11 heteroatoms. The van der Waals surface area contributed by atoms with E-state index in [1.165, 1.54) is 161 Å². The summed E-state index contributed by atoms with van der Waals surface area (Å²) in [5.74, 6) is -0.257. The Labute approximate surface area is 452 Å². The van der Waals surface area contributed by atoms with Crippen LogP contribution in [-0.4, -0.2) is 100 Å². The number of ether oxygens (including phenoxy) is 3. The molecule has 0 aromatic rings. The standard InChI is InChI=1S/C63H113NO10/c1-3-5-7-9-11-13-14-15-16-25-28-31-35-39-43-47-51-59(68)72-52-48-44-40-36-32-29-26-23-21-19-17-18-20-22-24-27-30-34-38-42-46-50-58(67)64-55(56(66)49-45-41-37-33-12-10-8-6-4-2)54-73-63-62(71)61(70)60(69)57(53-65)74-63/h12,16,25,29,32-33,40,44-45,49,55-57,60-63,65-66,69-71H,3-11,13-15,17-24,26-28,30-31,34-39,41-43,46-48,50-54H2,1-2H3,(H,64,67)/b25-16-,32-29-,33-12+,44-40-,49-45+. The summed E-state index contributed by atoms with van der Waals surface area (Å²) in [5, 5.41) is 54.2. The molecule has 0 bridgehead atoms. The van der Waals surface area contributed by atoms with E-state index in [1.54, 1.807) is 6.08 Å². The number of allylic oxidation sites excluding steroid dienone is 8. The minimum absolute atomic E-state index is 0.0571. The van der Waals surface area contributed by atoms with Crippen molar-refractivity contribution in [3.8, 4) is 0 Å². The Kier molecular flexibility index (Phi) is 49.1. The first-order valence-corrected chi connectivity index (χ1v) is 30.6. The van der Waals surface area contributed by atoms with Crippen LogP contribution >= 0.6 is 0 Å². The normalized spacial score (nSPS) is 19.3. The van der Waals surface area contributed by atoms with Gasteiger partial charge in [0.2, 0.25) is 5.91 Å². The smallest absolute Gasteiger partial charge is 0.305 e.